The highest BCUT2D eigenvalue weighted by atomic mass is 32.1. The van der Waals surface area contributed by atoms with Crippen LogP contribution in [0.1, 0.15) is 21.7 Å². The average molecular weight is 492 g/mol. The number of benzene rings is 2. The van der Waals surface area contributed by atoms with Crippen molar-refractivity contribution in [2.75, 3.05) is 0 Å². The Bertz CT molecular complexity index is 1460. The lowest BCUT2D eigenvalue weighted by atomic mass is 9.93. The lowest BCUT2D eigenvalue weighted by Crippen LogP contribution is -2.48. The number of nitrogens with zero attached hydrogens (tertiary/aromatic N) is 1. The van der Waals surface area contributed by atoms with E-state index < -0.39 is 28.9 Å². The lowest BCUT2D eigenvalue weighted by Gasteiger charge is -2.25. The van der Waals surface area contributed by atoms with Crippen LogP contribution in [0, 0.1) is 13.8 Å². The first-order valence-corrected chi connectivity index (χ1v) is 11.3. The molecule has 0 aliphatic heterocycles. The summed E-state index contributed by atoms with van der Waals surface area (Å²) in [5.41, 5.74) is -1.79. The van der Waals surface area contributed by atoms with Gasteiger partial charge in [0.05, 0.1) is 0 Å². The van der Waals surface area contributed by atoms with Crippen molar-refractivity contribution >= 4 is 33.4 Å². The summed E-state index contributed by atoms with van der Waals surface area (Å²) in [5.74, 6) is -15.7. The zero-order valence-electron chi connectivity index (χ0n) is 18.4. The van der Waals surface area contributed by atoms with Gasteiger partial charge in [-0.2, -0.15) is 26.3 Å². The Labute approximate surface area is 196 Å². The Kier molecular flexibility index (Phi) is 4.86. The second-order valence-electron chi connectivity index (χ2n) is 8.46. The topological polar surface area (TPSA) is 4.93 Å². The zero-order valence-corrected chi connectivity index (χ0v) is 19.2. The van der Waals surface area contributed by atoms with Crippen molar-refractivity contribution in [3.63, 3.8) is 0 Å². The molecule has 5 rings (SSSR count). The highest BCUT2D eigenvalue weighted by molar-refractivity contribution is 7.15. The van der Waals surface area contributed by atoms with Crippen LogP contribution in [-0.4, -0.2) is 22.3 Å². The lowest BCUT2D eigenvalue weighted by molar-refractivity contribution is -0.254. The van der Waals surface area contributed by atoms with Crippen LogP contribution in [-0.2, 0) is 7.05 Å². The van der Waals surface area contributed by atoms with Crippen LogP contribution in [0.5, 0.6) is 0 Å². The van der Waals surface area contributed by atoms with E-state index in [-0.39, 0.29) is 27.1 Å². The fourth-order valence-corrected chi connectivity index (χ4v) is 5.75. The largest absolute Gasteiger partial charge is 0.380 e. The van der Waals surface area contributed by atoms with Gasteiger partial charge in [-0.15, -0.1) is 11.3 Å². The van der Waals surface area contributed by atoms with E-state index in [9.17, 15) is 8.78 Å². The van der Waals surface area contributed by atoms with Gasteiger partial charge in [0.25, 0.3) is 0 Å². The molecule has 34 heavy (non-hydrogen) atoms. The number of halogens is 6. The van der Waals surface area contributed by atoms with E-state index in [0.717, 1.165) is 11.3 Å². The number of aryl methyl sites for hydroxylation is 2. The maximum atomic E-state index is 15.4. The molecule has 0 saturated heterocycles. The van der Waals surface area contributed by atoms with Crippen LogP contribution in [0.3, 0.4) is 0 Å². The first-order chi connectivity index (χ1) is 15.9. The van der Waals surface area contributed by atoms with E-state index in [1.165, 1.54) is 26.0 Å². The fraction of sp³-hybridized carbons (Fsp3) is 0.231. The normalized spacial score (nSPS) is 18.7. The number of fused-ring (bicyclic) bond motifs is 1. The monoisotopic (exact) mass is 491 g/mol. The number of rotatable bonds is 3. The minimum absolute atomic E-state index is 0.207. The molecule has 2 aromatic heterocycles. The number of aromatic nitrogens is 1. The summed E-state index contributed by atoms with van der Waals surface area (Å²) < 4.78 is 92.7. The number of hydrogen-bond donors (Lipinski definition) is 0. The fourth-order valence-electron chi connectivity index (χ4n) is 4.72. The number of allylic oxidation sites excluding steroid dienone is 2. The molecule has 176 valence electrons. The molecule has 0 atom stereocenters. The molecular weight excluding hydrogens is 472 g/mol. The number of alkyl halides is 6. The molecule has 1 aliphatic carbocycles. The minimum atomic E-state index is -5.59. The second kappa shape index (κ2) is 7.25. The van der Waals surface area contributed by atoms with Gasteiger partial charge in [-0.1, -0.05) is 48.5 Å². The maximum Gasteiger partial charge on any atom is 0.380 e. The van der Waals surface area contributed by atoms with Gasteiger partial charge in [-0.05, 0) is 37.1 Å². The van der Waals surface area contributed by atoms with Gasteiger partial charge in [0.1, 0.15) is 0 Å². The summed E-state index contributed by atoms with van der Waals surface area (Å²) in [7, 11) is 1.59. The summed E-state index contributed by atoms with van der Waals surface area (Å²) in [6.07, 6.45) is 0. The van der Waals surface area contributed by atoms with Crippen molar-refractivity contribution < 1.29 is 26.3 Å². The summed E-state index contributed by atoms with van der Waals surface area (Å²) >= 11 is 1.10. The Morgan fingerprint density at radius 2 is 1.35 bits per heavy atom. The number of para-hydroxylation sites is 1. The first kappa shape index (κ1) is 22.8. The molecule has 2 heterocycles. The summed E-state index contributed by atoms with van der Waals surface area (Å²) in [6.45, 7) is 2.96. The summed E-state index contributed by atoms with van der Waals surface area (Å²) in [6, 6.07) is 16.5. The molecule has 2 aromatic carbocycles. The number of thiophene rings is 1. The highest BCUT2D eigenvalue weighted by Crippen LogP contribution is 2.66. The van der Waals surface area contributed by atoms with E-state index in [4.69, 9.17) is 0 Å². The van der Waals surface area contributed by atoms with Crippen molar-refractivity contribution in [3.8, 4) is 10.4 Å². The van der Waals surface area contributed by atoms with Crippen LogP contribution >= 0.6 is 11.3 Å². The summed E-state index contributed by atoms with van der Waals surface area (Å²) in [5, 5.41) is 0.222. The smallest absolute Gasteiger partial charge is 0.347 e. The van der Waals surface area contributed by atoms with Gasteiger partial charge >= 0.3 is 17.8 Å². The highest BCUT2D eigenvalue weighted by Gasteiger charge is 2.80. The standard InChI is InChI=1S/C26H19F6NS/c1-14-21(17-11-7-8-12-19(17)33(14)3)23-22(24(27,28)26(31,32)25(23,29)30)18-13-20(34-15(18)2)16-9-5-4-6-10-16/h4-13H,1-3H3. The molecule has 1 aliphatic rings. The van der Waals surface area contributed by atoms with Crippen LogP contribution in [0.15, 0.2) is 60.7 Å². The number of hydrogen-bond acceptors (Lipinski definition) is 1. The Hall–Kier alpha value is -3.00. The maximum absolute atomic E-state index is 15.4. The van der Waals surface area contributed by atoms with Crippen molar-refractivity contribution in [1.82, 2.24) is 4.57 Å². The molecule has 0 N–H and O–H groups in total. The SMILES string of the molecule is Cc1sc(-c2ccccc2)cc1C1=C(c2c(C)n(C)c3ccccc23)C(F)(F)C(F)(F)C1(F)F. The second-order valence-corrected chi connectivity index (χ2v) is 9.71. The molecule has 0 spiro atoms. The molecule has 4 aromatic rings. The quantitative estimate of drug-likeness (QED) is 0.254. The van der Waals surface area contributed by atoms with E-state index in [1.54, 1.807) is 60.1 Å². The van der Waals surface area contributed by atoms with Crippen molar-refractivity contribution in [2.45, 2.75) is 31.6 Å². The van der Waals surface area contributed by atoms with Gasteiger partial charge < -0.3 is 4.57 Å². The third-order valence-corrected chi connectivity index (χ3v) is 7.66. The molecule has 0 amide bonds. The Balaban J connectivity index is 1.90. The third-order valence-electron chi connectivity index (χ3n) is 6.56. The van der Waals surface area contributed by atoms with E-state index >= 15 is 17.6 Å². The van der Waals surface area contributed by atoms with E-state index in [1.807, 2.05) is 0 Å². The van der Waals surface area contributed by atoms with Crippen LogP contribution in [0.25, 0.3) is 32.5 Å². The van der Waals surface area contributed by atoms with Crippen molar-refractivity contribution in [2.24, 2.45) is 7.05 Å². The molecule has 1 nitrogen and oxygen atoms in total. The van der Waals surface area contributed by atoms with Crippen LogP contribution < -0.4 is 0 Å². The van der Waals surface area contributed by atoms with Gasteiger partial charge in [-0.25, -0.2) is 0 Å². The molecule has 8 heteroatoms. The first-order valence-electron chi connectivity index (χ1n) is 10.5. The predicted molar refractivity (Wildman–Crippen MR) is 124 cm³/mol. The zero-order chi connectivity index (χ0) is 24.6. The third kappa shape index (κ3) is 2.81. The van der Waals surface area contributed by atoms with Gasteiger partial charge in [-0.3, -0.25) is 0 Å². The van der Waals surface area contributed by atoms with Gasteiger partial charge in [0.2, 0.25) is 0 Å². The minimum Gasteiger partial charge on any atom is -0.347 e. The molecule has 0 fully saturated rings. The predicted octanol–water partition coefficient (Wildman–Crippen LogP) is 8.35. The average Bonchev–Trinajstić information content (AvgIpc) is 3.32. The van der Waals surface area contributed by atoms with Crippen LogP contribution in [0.4, 0.5) is 26.3 Å². The van der Waals surface area contributed by atoms with Crippen LogP contribution in [0.2, 0.25) is 0 Å². The van der Waals surface area contributed by atoms with Crippen molar-refractivity contribution in [1.29, 1.82) is 0 Å². The van der Waals surface area contributed by atoms with Gasteiger partial charge in [0.15, 0.2) is 0 Å². The molecule has 0 radical (unpaired) electrons. The summed E-state index contributed by atoms with van der Waals surface area (Å²) in [4.78, 5) is 0.793. The van der Waals surface area contributed by atoms with Gasteiger partial charge in [0, 0.05) is 50.1 Å². The Morgan fingerprint density at radius 3 is 2.03 bits per heavy atom. The van der Waals surface area contributed by atoms with E-state index in [2.05, 4.69) is 0 Å². The molecular formula is C26H19F6NS. The Morgan fingerprint density at radius 1 is 0.765 bits per heavy atom. The molecule has 0 unspecified atom stereocenters. The van der Waals surface area contributed by atoms with E-state index in [0.29, 0.717) is 16.0 Å². The van der Waals surface area contributed by atoms with Crippen molar-refractivity contribution in [3.05, 3.63) is 82.4 Å². The molecule has 0 bridgehead atoms. The molecule has 0 saturated carbocycles.